The zero-order chi connectivity index (χ0) is 20.6. The zero-order valence-corrected chi connectivity index (χ0v) is 17.0. The highest BCUT2D eigenvalue weighted by atomic mass is 35.5. The second kappa shape index (κ2) is 10.5. The van der Waals surface area contributed by atoms with Crippen molar-refractivity contribution in [1.82, 2.24) is 10.3 Å². The van der Waals surface area contributed by atoms with Crippen molar-refractivity contribution in [3.05, 3.63) is 63.4 Å². The van der Waals surface area contributed by atoms with Crippen LogP contribution in [0.1, 0.15) is 11.1 Å². The SMILES string of the molecule is O=C(CN1CCOCC1)NN=Cc1cc(Cl)c(OCc2cccc(F)c2)c(Cl)c1. The number of carbonyl (C=O) groups is 1. The van der Waals surface area contributed by atoms with Gasteiger partial charge in [0.25, 0.3) is 5.91 Å². The summed E-state index contributed by atoms with van der Waals surface area (Å²) in [6.45, 7) is 3.08. The van der Waals surface area contributed by atoms with E-state index in [1.807, 2.05) is 4.90 Å². The number of amides is 1. The third-order valence-corrected chi connectivity index (χ3v) is 4.73. The Morgan fingerprint density at radius 2 is 1.97 bits per heavy atom. The summed E-state index contributed by atoms with van der Waals surface area (Å²) in [5.74, 6) is -0.257. The van der Waals surface area contributed by atoms with Crippen molar-refractivity contribution in [1.29, 1.82) is 0 Å². The fraction of sp³-hybridized carbons (Fsp3) is 0.300. The molecule has 0 atom stereocenters. The number of hydrogen-bond acceptors (Lipinski definition) is 5. The fourth-order valence-corrected chi connectivity index (χ4v) is 3.36. The molecule has 1 N–H and O–H groups in total. The molecule has 0 radical (unpaired) electrons. The maximum absolute atomic E-state index is 13.3. The summed E-state index contributed by atoms with van der Waals surface area (Å²) < 4.78 is 24.1. The van der Waals surface area contributed by atoms with E-state index in [9.17, 15) is 9.18 Å². The smallest absolute Gasteiger partial charge is 0.254 e. The maximum atomic E-state index is 13.3. The number of ether oxygens (including phenoxy) is 2. The second-order valence-electron chi connectivity index (χ2n) is 6.41. The summed E-state index contributed by atoms with van der Waals surface area (Å²) in [4.78, 5) is 13.9. The van der Waals surface area contributed by atoms with E-state index >= 15 is 0 Å². The van der Waals surface area contributed by atoms with Gasteiger partial charge in [0, 0.05) is 13.1 Å². The number of hydrogen-bond donors (Lipinski definition) is 1. The van der Waals surface area contributed by atoms with Crippen molar-refractivity contribution in [2.75, 3.05) is 32.8 Å². The van der Waals surface area contributed by atoms with E-state index in [1.54, 1.807) is 24.3 Å². The Bertz CT molecular complexity index is 866. The first-order valence-corrected chi connectivity index (χ1v) is 9.75. The summed E-state index contributed by atoms with van der Waals surface area (Å²) in [7, 11) is 0. The van der Waals surface area contributed by atoms with Gasteiger partial charge in [-0.1, -0.05) is 35.3 Å². The molecule has 1 heterocycles. The lowest BCUT2D eigenvalue weighted by Gasteiger charge is -2.25. The van der Waals surface area contributed by atoms with Crippen LogP contribution in [0.15, 0.2) is 41.5 Å². The van der Waals surface area contributed by atoms with Gasteiger partial charge in [0.15, 0.2) is 5.75 Å². The highest BCUT2D eigenvalue weighted by molar-refractivity contribution is 6.37. The minimum absolute atomic E-state index is 0.127. The van der Waals surface area contributed by atoms with E-state index < -0.39 is 0 Å². The van der Waals surface area contributed by atoms with E-state index in [0.717, 1.165) is 13.1 Å². The van der Waals surface area contributed by atoms with Crippen LogP contribution in [-0.4, -0.2) is 49.9 Å². The number of carbonyl (C=O) groups excluding carboxylic acids is 1. The van der Waals surface area contributed by atoms with Crippen molar-refractivity contribution < 1.29 is 18.7 Å². The zero-order valence-electron chi connectivity index (χ0n) is 15.5. The molecule has 1 amide bonds. The van der Waals surface area contributed by atoms with Crippen LogP contribution in [-0.2, 0) is 16.1 Å². The Balaban J connectivity index is 1.55. The molecule has 0 spiro atoms. The lowest BCUT2D eigenvalue weighted by atomic mass is 10.2. The van der Waals surface area contributed by atoms with Gasteiger partial charge in [0.05, 0.1) is 36.0 Å². The predicted molar refractivity (Wildman–Crippen MR) is 110 cm³/mol. The Hall–Kier alpha value is -2.19. The van der Waals surface area contributed by atoms with Crippen LogP contribution in [0.5, 0.6) is 5.75 Å². The van der Waals surface area contributed by atoms with Crippen LogP contribution >= 0.6 is 23.2 Å². The molecule has 2 aromatic carbocycles. The average Bonchev–Trinajstić information content (AvgIpc) is 2.68. The molecule has 0 bridgehead atoms. The van der Waals surface area contributed by atoms with Crippen LogP contribution in [0.3, 0.4) is 0 Å². The lowest BCUT2D eigenvalue weighted by molar-refractivity contribution is -0.123. The molecule has 0 aromatic heterocycles. The molecule has 1 fully saturated rings. The number of nitrogens with zero attached hydrogens (tertiary/aromatic N) is 2. The Labute approximate surface area is 178 Å². The van der Waals surface area contributed by atoms with Gasteiger partial charge in [-0.25, -0.2) is 9.82 Å². The normalized spacial score (nSPS) is 14.9. The van der Waals surface area contributed by atoms with Gasteiger partial charge < -0.3 is 9.47 Å². The molecule has 3 rings (SSSR count). The number of hydrazone groups is 1. The maximum Gasteiger partial charge on any atom is 0.254 e. The number of halogens is 3. The van der Waals surface area contributed by atoms with E-state index in [-0.39, 0.29) is 34.9 Å². The summed E-state index contributed by atoms with van der Waals surface area (Å²) in [5.41, 5.74) is 3.74. The molecule has 2 aromatic rings. The molecule has 154 valence electrons. The number of benzene rings is 2. The van der Waals surface area contributed by atoms with Gasteiger partial charge in [-0.15, -0.1) is 0 Å². The minimum atomic E-state index is -0.342. The summed E-state index contributed by atoms with van der Waals surface area (Å²) >= 11 is 12.5. The van der Waals surface area contributed by atoms with E-state index in [4.69, 9.17) is 32.7 Å². The van der Waals surface area contributed by atoms with Crippen molar-refractivity contribution in [2.24, 2.45) is 5.10 Å². The first-order valence-electron chi connectivity index (χ1n) is 8.99. The largest absolute Gasteiger partial charge is 0.486 e. The molecule has 6 nitrogen and oxygen atoms in total. The molecule has 0 aliphatic carbocycles. The highest BCUT2D eigenvalue weighted by Gasteiger charge is 2.14. The molecule has 9 heteroatoms. The molecule has 0 unspecified atom stereocenters. The van der Waals surface area contributed by atoms with E-state index in [2.05, 4.69) is 10.5 Å². The molecule has 29 heavy (non-hydrogen) atoms. The predicted octanol–water partition coefficient (Wildman–Crippen LogP) is 3.49. The van der Waals surface area contributed by atoms with Crippen molar-refractivity contribution >= 4 is 35.3 Å². The minimum Gasteiger partial charge on any atom is -0.486 e. The quantitative estimate of drug-likeness (QED) is 0.529. The second-order valence-corrected chi connectivity index (χ2v) is 7.23. The van der Waals surface area contributed by atoms with Crippen LogP contribution in [0.25, 0.3) is 0 Å². The van der Waals surface area contributed by atoms with Crippen LogP contribution in [0.4, 0.5) is 4.39 Å². The fourth-order valence-electron chi connectivity index (χ4n) is 2.75. The number of morpholine rings is 1. The van der Waals surface area contributed by atoms with Gasteiger partial charge in [0.1, 0.15) is 12.4 Å². The Kier molecular flexibility index (Phi) is 7.83. The van der Waals surface area contributed by atoms with Crippen molar-refractivity contribution in [3.8, 4) is 5.75 Å². The standard InChI is InChI=1S/C20H20Cl2FN3O3/c21-17-9-15(11-24-25-19(27)12-26-4-6-28-7-5-26)10-18(22)20(17)29-13-14-2-1-3-16(23)8-14/h1-3,8-11H,4-7,12-13H2,(H,25,27). The van der Waals surface area contributed by atoms with Crippen LogP contribution in [0, 0.1) is 5.82 Å². The first kappa shape index (κ1) is 21.5. The average molecular weight is 440 g/mol. The van der Waals surface area contributed by atoms with Gasteiger partial charge in [-0.3, -0.25) is 9.69 Å². The number of nitrogens with one attached hydrogen (secondary N) is 1. The van der Waals surface area contributed by atoms with Crippen molar-refractivity contribution in [3.63, 3.8) is 0 Å². The van der Waals surface area contributed by atoms with Gasteiger partial charge in [0.2, 0.25) is 0 Å². The van der Waals surface area contributed by atoms with Crippen LogP contribution in [0.2, 0.25) is 10.0 Å². The Morgan fingerprint density at radius 3 is 2.66 bits per heavy atom. The van der Waals surface area contributed by atoms with E-state index in [0.29, 0.717) is 30.1 Å². The molecule has 1 aliphatic rings. The van der Waals surface area contributed by atoms with Crippen molar-refractivity contribution in [2.45, 2.75) is 6.61 Å². The topological polar surface area (TPSA) is 63.2 Å². The molecule has 1 aliphatic heterocycles. The highest BCUT2D eigenvalue weighted by Crippen LogP contribution is 2.34. The third kappa shape index (κ3) is 6.68. The van der Waals surface area contributed by atoms with E-state index in [1.165, 1.54) is 18.3 Å². The molecule has 0 saturated carbocycles. The first-order chi connectivity index (χ1) is 14.0. The third-order valence-electron chi connectivity index (χ3n) is 4.17. The van der Waals surface area contributed by atoms with Crippen LogP contribution < -0.4 is 10.2 Å². The summed E-state index contributed by atoms with van der Waals surface area (Å²) in [6.07, 6.45) is 1.45. The molecule has 1 saturated heterocycles. The molecular formula is C20H20Cl2FN3O3. The summed E-state index contributed by atoms with van der Waals surface area (Å²) in [5, 5.41) is 4.51. The monoisotopic (exact) mass is 439 g/mol. The number of rotatable bonds is 7. The van der Waals surface area contributed by atoms with Gasteiger partial charge in [-0.2, -0.15) is 5.10 Å². The Morgan fingerprint density at radius 1 is 1.24 bits per heavy atom. The lowest BCUT2D eigenvalue weighted by Crippen LogP contribution is -2.42. The summed E-state index contributed by atoms with van der Waals surface area (Å²) in [6, 6.07) is 9.31. The van der Waals surface area contributed by atoms with Gasteiger partial charge >= 0.3 is 0 Å². The molecular weight excluding hydrogens is 420 g/mol. The van der Waals surface area contributed by atoms with Gasteiger partial charge in [-0.05, 0) is 35.4 Å².